The number of benzene rings is 1. The van der Waals surface area contributed by atoms with Crippen molar-refractivity contribution in [2.24, 2.45) is 7.05 Å². The third kappa shape index (κ3) is 1.72. The van der Waals surface area contributed by atoms with Crippen molar-refractivity contribution in [3.05, 3.63) is 47.5 Å². The average Bonchev–Trinajstić information content (AvgIpc) is 2.92. The molecule has 0 saturated heterocycles. The molecule has 0 aliphatic rings. The summed E-state index contributed by atoms with van der Waals surface area (Å²) >= 11 is 0. The van der Waals surface area contributed by atoms with E-state index < -0.39 is 5.82 Å². The Bertz CT molecular complexity index is 787. The fourth-order valence-corrected chi connectivity index (χ4v) is 2.14. The number of hydrogen-bond acceptors (Lipinski definition) is 3. The first-order valence-corrected chi connectivity index (χ1v) is 5.75. The van der Waals surface area contributed by atoms with Crippen LogP contribution in [0.4, 0.5) is 4.39 Å². The highest BCUT2D eigenvalue weighted by atomic mass is 19.1. The van der Waals surface area contributed by atoms with E-state index in [0.29, 0.717) is 11.2 Å². The highest BCUT2D eigenvalue weighted by molar-refractivity contribution is 6.00. The summed E-state index contributed by atoms with van der Waals surface area (Å²) in [6.45, 7) is 1.80. The summed E-state index contributed by atoms with van der Waals surface area (Å²) in [5.74, 6) is -0.817. The Morgan fingerprint density at radius 2 is 2.16 bits per heavy atom. The largest absolute Gasteiger partial charge is 0.278 e. The number of carbonyl (C=O) groups excluding carboxylic acids is 1. The third-order valence-electron chi connectivity index (χ3n) is 3.01. The van der Waals surface area contributed by atoms with Crippen LogP contribution < -0.4 is 0 Å². The van der Waals surface area contributed by atoms with Crippen LogP contribution in [-0.4, -0.2) is 25.5 Å². The maximum absolute atomic E-state index is 13.2. The maximum atomic E-state index is 13.2. The van der Waals surface area contributed by atoms with Gasteiger partial charge in [0.05, 0.1) is 11.9 Å². The number of carbonyl (C=O) groups is 1. The van der Waals surface area contributed by atoms with Gasteiger partial charge < -0.3 is 0 Å². The number of fused-ring (bicyclic) bond motifs is 1. The summed E-state index contributed by atoms with van der Waals surface area (Å²) in [6.07, 6.45) is 1.58. The fraction of sp³-hybridized carbons (Fsp3) is 0.154. The van der Waals surface area contributed by atoms with Crippen LogP contribution in [-0.2, 0) is 7.05 Å². The Kier molecular flexibility index (Phi) is 2.45. The van der Waals surface area contributed by atoms with Gasteiger partial charge in [-0.25, -0.2) is 4.39 Å². The van der Waals surface area contributed by atoms with Gasteiger partial charge in [-0.1, -0.05) is 6.07 Å². The highest BCUT2D eigenvalue weighted by Crippen LogP contribution is 2.18. The second-order valence-corrected chi connectivity index (χ2v) is 4.31. The molecule has 0 spiro atoms. The van der Waals surface area contributed by atoms with Crippen molar-refractivity contribution in [2.45, 2.75) is 6.92 Å². The molecule has 3 aromatic rings. The molecule has 0 bridgehead atoms. The van der Waals surface area contributed by atoms with Gasteiger partial charge in [-0.3, -0.25) is 9.48 Å². The number of rotatable bonds is 1. The molecule has 0 aliphatic carbocycles. The molecule has 0 radical (unpaired) electrons. The number of nitrogens with zero attached hydrogens (tertiary/aromatic N) is 4. The number of halogens is 1. The lowest BCUT2D eigenvalue weighted by Crippen LogP contribution is -2.13. The van der Waals surface area contributed by atoms with E-state index in [9.17, 15) is 9.18 Å². The van der Waals surface area contributed by atoms with Gasteiger partial charge in [0.1, 0.15) is 16.9 Å². The van der Waals surface area contributed by atoms with Crippen molar-refractivity contribution >= 4 is 16.9 Å². The lowest BCUT2D eigenvalue weighted by atomic mass is 10.2. The quantitative estimate of drug-likeness (QED) is 0.670. The van der Waals surface area contributed by atoms with Crippen LogP contribution in [0.2, 0.25) is 0 Å². The van der Waals surface area contributed by atoms with E-state index in [-0.39, 0.29) is 11.5 Å². The van der Waals surface area contributed by atoms with E-state index in [1.165, 1.54) is 22.9 Å². The lowest BCUT2D eigenvalue weighted by Gasteiger charge is -2.01. The molecule has 0 unspecified atom stereocenters. The zero-order valence-electron chi connectivity index (χ0n) is 10.5. The molecule has 0 aliphatic heterocycles. The molecule has 19 heavy (non-hydrogen) atoms. The van der Waals surface area contributed by atoms with Crippen LogP contribution in [0.15, 0.2) is 30.5 Å². The SMILES string of the molecule is Cc1nn(C)c2cnn(C(=O)c3cccc(F)c3)c12. The number of aromatic nitrogens is 4. The van der Waals surface area contributed by atoms with Gasteiger partial charge in [-0.15, -0.1) is 0 Å². The summed E-state index contributed by atoms with van der Waals surface area (Å²) < 4.78 is 16.1. The molecule has 96 valence electrons. The van der Waals surface area contributed by atoms with Crippen molar-refractivity contribution in [1.82, 2.24) is 19.6 Å². The van der Waals surface area contributed by atoms with Gasteiger partial charge in [-0.2, -0.15) is 14.9 Å². The molecular formula is C13H11FN4O. The molecule has 2 heterocycles. The Labute approximate surface area is 108 Å². The second kappa shape index (κ2) is 4.01. The normalized spacial score (nSPS) is 11.1. The van der Waals surface area contributed by atoms with Gasteiger partial charge in [-0.05, 0) is 25.1 Å². The van der Waals surface area contributed by atoms with Crippen LogP contribution in [0.3, 0.4) is 0 Å². The topological polar surface area (TPSA) is 52.7 Å². The van der Waals surface area contributed by atoms with E-state index in [0.717, 1.165) is 5.52 Å². The lowest BCUT2D eigenvalue weighted by molar-refractivity contribution is 0.0950. The zero-order chi connectivity index (χ0) is 13.6. The molecule has 3 rings (SSSR count). The van der Waals surface area contributed by atoms with E-state index in [1.807, 2.05) is 0 Å². The van der Waals surface area contributed by atoms with Gasteiger partial charge in [0.2, 0.25) is 0 Å². The summed E-state index contributed by atoms with van der Waals surface area (Å²) in [5.41, 5.74) is 2.38. The fourth-order valence-electron chi connectivity index (χ4n) is 2.14. The molecule has 0 fully saturated rings. The maximum Gasteiger partial charge on any atom is 0.278 e. The van der Waals surface area contributed by atoms with E-state index >= 15 is 0 Å². The highest BCUT2D eigenvalue weighted by Gasteiger charge is 2.18. The minimum atomic E-state index is -0.447. The van der Waals surface area contributed by atoms with Crippen LogP contribution in [0.5, 0.6) is 0 Å². The van der Waals surface area contributed by atoms with Crippen LogP contribution >= 0.6 is 0 Å². The van der Waals surface area contributed by atoms with Gasteiger partial charge in [0.25, 0.3) is 5.91 Å². The Morgan fingerprint density at radius 3 is 2.89 bits per heavy atom. The minimum Gasteiger partial charge on any atom is -0.267 e. The molecule has 6 heteroatoms. The summed E-state index contributed by atoms with van der Waals surface area (Å²) in [5, 5.41) is 8.30. The van der Waals surface area contributed by atoms with E-state index in [1.54, 1.807) is 30.9 Å². The molecule has 1 aromatic carbocycles. The van der Waals surface area contributed by atoms with E-state index in [4.69, 9.17) is 0 Å². The van der Waals surface area contributed by atoms with Crippen molar-refractivity contribution in [2.75, 3.05) is 0 Å². The first-order chi connectivity index (χ1) is 9.08. The summed E-state index contributed by atoms with van der Waals surface area (Å²) in [4.78, 5) is 12.3. The van der Waals surface area contributed by atoms with Crippen molar-refractivity contribution in [3.8, 4) is 0 Å². The zero-order valence-corrected chi connectivity index (χ0v) is 10.5. The molecule has 0 amide bonds. The Morgan fingerprint density at radius 1 is 1.37 bits per heavy atom. The predicted molar refractivity (Wildman–Crippen MR) is 67.4 cm³/mol. The smallest absolute Gasteiger partial charge is 0.267 e. The number of hydrogen-bond donors (Lipinski definition) is 0. The van der Waals surface area contributed by atoms with Gasteiger partial charge >= 0.3 is 0 Å². The average molecular weight is 258 g/mol. The van der Waals surface area contributed by atoms with Crippen molar-refractivity contribution < 1.29 is 9.18 Å². The minimum absolute atomic E-state index is 0.258. The van der Waals surface area contributed by atoms with Crippen LogP contribution in [0.25, 0.3) is 11.0 Å². The molecule has 5 nitrogen and oxygen atoms in total. The molecule has 2 aromatic heterocycles. The van der Waals surface area contributed by atoms with Gasteiger partial charge in [0, 0.05) is 12.6 Å². The third-order valence-corrected chi connectivity index (χ3v) is 3.01. The number of aryl methyl sites for hydroxylation is 2. The first kappa shape index (κ1) is 11.6. The first-order valence-electron chi connectivity index (χ1n) is 5.75. The Balaban J connectivity index is 2.17. The van der Waals surface area contributed by atoms with Crippen LogP contribution in [0.1, 0.15) is 16.1 Å². The molecule has 0 saturated carbocycles. The second-order valence-electron chi connectivity index (χ2n) is 4.31. The molecule has 0 N–H and O–H groups in total. The predicted octanol–water partition coefficient (Wildman–Crippen LogP) is 1.91. The summed E-state index contributed by atoms with van der Waals surface area (Å²) in [7, 11) is 1.79. The Hall–Kier alpha value is -2.50. The van der Waals surface area contributed by atoms with Crippen molar-refractivity contribution in [1.29, 1.82) is 0 Å². The van der Waals surface area contributed by atoms with Crippen LogP contribution in [0, 0.1) is 12.7 Å². The summed E-state index contributed by atoms with van der Waals surface area (Å²) in [6, 6.07) is 5.55. The van der Waals surface area contributed by atoms with Crippen molar-refractivity contribution in [3.63, 3.8) is 0 Å². The standard InChI is InChI=1S/C13H11FN4O/c1-8-12-11(17(2)16-8)7-15-18(12)13(19)9-4-3-5-10(14)6-9/h3-7H,1-2H3. The van der Waals surface area contributed by atoms with Gasteiger partial charge in [0.15, 0.2) is 0 Å². The van der Waals surface area contributed by atoms with E-state index in [2.05, 4.69) is 10.2 Å². The molecular weight excluding hydrogens is 247 g/mol. The molecule has 0 atom stereocenters. The monoisotopic (exact) mass is 258 g/mol.